The number of aryl methyl sites for hydroxylation is 1. The van der Waals surface area contributed by atoms with E-state index in [1.54, 1.807) is 18.7 Å². The molecule has 6 heteroatoms. The third kappa shape index (κ3) is 3.37. The first kappa shape index (κ1) is 16.3. The van der Waals surface area contributed by atoms with Crippen molar-refractivity contribution in [1.29, 1.82) is 0 Å². The number of H-pyrrole nitrogens is 1. The standard InChI is InChI=1S/C16H22N2O4/c1-9-14(10(2)17-15(9)16(21)22-4)13(20)8-18(11(3)19)7-12-5-6-12/h12,17H,5-8H2,1-4H3. The summed E-state index contributed by atoms with van der Waals surface area (Å²) in [4.78, 5) is 40.4. The van der Waals surface area contributed by atoms with Crippen LogP contribution in [0, 0.1) is 19.8 Å². The van der Waals surface area contributed by atoms with Crippen molar-refractivity contribution in [3.63, 3.8) is 0 Å². The summed E-state index contributed by atoms with van der Waals surface area (Å²) in [5.41, 5.74) is 1.96. The summed E-state index contributed by atoms with van der Waals surface area (Å²) in [6.45, 7) is 5.61. The van der Waals surface area contributed by atoms with Crippen LogP contribution >= 0.6 is 0 Å². The van der Waals surface area contributed by atoms with Gasteiger partial charge in [0.15, 0.2) is 5.78 Å². The molecule has 0 aromatic carbocycles. The first-order valence-corrected chi connectivity index (χ1v) is 7.41. The van der Waals surface area contributed by atoms with Crippen molar-refractivity contribution in [2.24, 2.45) is 5.92 Å². The van der Waals surface area contributed by atoms with Crippen molar-refractivity contribution in [3.8, 4) is 0 Å². The van der Waals surface area contributed by atoms with E-state index in [0.717, 1.165) is 12.8 Å². The molecule has 1 aromatic heterocycles. The molecule has 1 heterocycles. The third-order valence-corrected chi connectivity index (χ3v) is 4.06. The highest BCUT2D eigenvalue weighted by atomic mass is 16.5. The Bertz CT molecular complexity index is 614. The quantitative estimate of drug-likeness (QED) is 0.642. The molecule has 1 aromatic rings. The Morgan fingerprint density at radius 2 is 1.91 bits per heavy atom. The van der Waals surface area contributed by atoms with Gasteiger partial charge in [0.05, 0.1) is 13.7 Å². The molecule has 1 aliphatic rings. The number of nitrogens with one attached hydrogen (secondary N) is 1. The number of amides is 1. The first-order chi connectivity index (χ1) is 10.3. The molecule has 0 bridgehead atoms. The summed E-state index contributed by atoms with van der Waals surface area (Å²) in [5.74, 6) is -0.228. The monoisotopic (exact) mass is 306 g/mol. The molecule has 1 aliphatic carbocycles. The molecule has 1 saturated carbocycles. The molecule has 120 valence electrons. The van der Waals surface area contributed by atoms with Crippen molar-refractivity contribution < 1.29 is 19.1 Å². The predicted octanol–water partition coefficient (Wildman–Crippen LogP) is 1.86. The maximum atomic E-state index is 12.6. The van der Waals surface area contributed by atoms with E-state index in [1.165, 1.54) is 14.0 Å². The highest BCUT2D eigenvalue weighted by Gasteiger charge is 2.28. The van der Waals surface area contributed by atoms with Gasteiger partial charge < -0.3 is 14.6 Å². The summed E-state index contributed by atoms with van der Waals surface area (Å²) in [6, 6.07) is 0. The number of ether oxygens (including phenoxy) is 1. The van der Waals surface area contributed by atoms with Gasteiger partial charge in [0.2, 0.25) is 5.91 Å². The fraction of sp³-hybridized carbons (Fsp3) is 0.562. The van der Waals surface area contributed by atoms with E-state index >= 15 is 0 Å². The Hall–Kier alpha value is -2.11. The molecule has 0 saturated heterocycles. The number of nitrogens with zero attached hydrogens (tertiary/aromatic N) is 1. The lowest BCUT2D eigenvalue weighted by Gasteiger charge is -2.20. The Morgan fingerprint density at radius 1 is 1.27 bits per heavy atom. The molecule has 1 fully saturated rings. The largest absolute Gasteiger partial charge is 0.464 e. The second kappa shape index (κ2) is 6.34. The normalized spacial score (nSPS) is 13.8. The van der Waals surface area contributed by atoms with Crippen LogP contribution in [0.1, 0.15) is 51.9 Å². The number of rotatable bonds is 6. The van der Waals surface area contributed by atoms with Gasteiger partial charge in [-0.15, -0.1) is 0 Å². The zero-order valence-electron chi connectivity index (χ0n) is 13.5. The highest BCUT2D eigenvalue weighted by molar-refractivity contribution is 6.04. The highest BCUT2D eigenvalue weighted by Crippen LogP contribution is 2.30. The van der Waals surface area contributed by atoms with Crippen molar-refractivity contribution in [3.05, 3.63) is 22.5 Å². The van der Waals surface area contributed by atoms with E-state index in [-0.39, 0.29) is 18.2 Å². The Balaban J connectivity index is 2.19. The minimum absolute atomic E-state index is 0.0476. The van der Waals surface area contributed by atoms with Gasteiger partial charge in [-0.1, -0.05) is 0 Å². The second-order valence-electron chi connectivity index (χ2n) is 5.88. The molecule has 1 amide bonds. The number of aromatic nitrogens is 1. The molecule has 0 radical (unpaired) electrons. The zero-order valence-corrected chi connectivity index (χ0v) is 13.5. The van der Waals surface area contributed by atoms with Gasteiger partial charge in [0.25, 0.3) is 0 Å². The van der Waals surface area contributed by atoms with Crippen LogP contribution in [-0.4, -0.2) is 47.7 Å². The van der Waals surface area contributed by atoms with Gasteiger partial charge in [-0.05, 0) is 38.2 Å². The van der Waals surface area contributed by atoms with Crippen LogP contribution in [0.2, 0.25) is 0 Å². The van der Waals surface area contributed by atoms with E-state index < -0.39 is 5.97 Å². The topological polar surface area (TPSA) is 79.5 Å². The fourth-order valence-corrected chi connectivity index (χ4v) is 2.64. The van der Waals surface area contributed by atoms with Gasteiger partial charge in [0, 0.05) is 24.7 Å². The smallest absolute Gasteiger partial charge is 0.354 e. The summed E-state index contributed by atoms with van der Waals surface area (Å²) in [6.07, 6.45) is 2.24. The fourth-order valence-electron chi connectivity index (χ4n) is 2.64. The maximum absolute atomic E-state index is 12.6. The third-order valence-electron chi connectivity index (χ3n) is 4.06. The number of Topliss-reactive ketones (excluding diaryl/α,β-unsaturated/α-hetero) is 1. The van der Waals surface area contributed by atoms with Crippen LogP contribution in [0.3, 0.4) is 0 Å². The van der Waals surface area contributed by atoms with E-state index in [2.05, 4.69) is 4.98 Å². The lowest BCUT2D eigenvalue weighted by molar-refractivity contribution is -0.128. The molecule has 0 spiro atoms. The van der Waals surface area contributed by atoms with Gasteiger partial charge in [0.1, 0.15) is 5.69 Å². The number of carbonyl (C=O) groups excluding carboxylic acids is 3. The lowest BCUT2D eigenvalue weighted by Crippen LogP contribution is -2.35. The second-order valence-corrected chi connectivity index (χ2v) is 5.88. The average molecular weight is 306 g/mol. The number of methoxy groups -OCH3 is 1. The summed E-state index contributed by atoms with van der Waals surface area (Å²) < 4.78 is 4.70. The minimum atomic E-state index is -0.499. The molecule has 0 aliphatic heterocycles. The molecule has 0 atom stereocenters. The minimum Gasteiger partial charge on any atom is -0.464 e. The number of hydrogen-bond donors (Lipinski definition) is 1. The van der Waals surface area contributed by atoms with Crippen LogP contribution in [-0.2, 0) is 9.53 Å². The van der Waals surface area contributed by atoms with Crippen LogP contribution < -0.4 is 0 Å². The molecular formula is C16H22N2O4. The number of hydrogen-bond acceptors (Lipinski definition) is 4. The lowest BCUT2D eigenvalue weighted by atomic mass is 10.0. The molecule has 0 unspecified atom stereocenters. The van der Waals surface area contributed by atoms with E-state index in [9.17, 15) is 14.4 Å². The van der Waals surface area contributed by atoms with E-state index in [4.69, 9.17) is 4.74 Å². The summed E-state index contributed by atoms with van der Waals surface area (Å²) in [5, 5.41) is 0. The number of ketones is 1. The van der Waals surface area contributed by atoms with Gasteiger partial charge in [-0.3, -0.25) is 9.59 Å². The molecule has 22 heavy (non-hydrogen) atoms. The maximum Gasteiger partial charge on any atom is 0.354 e. The molecule has 2 rings (SSSR count). The van der Waals surface area contributed by atoms with Crippen molar-refractivity contribution >= 4 is 17.7 Å². The van der Waals surface area contributed by atoms with E-state index in [0.29, 0.717) is 35.0 Å². The number of aromatic amines is 1. The predicted molar refractivity (Wildman–Crippen MR) is 80.9 cm³/mol. The van der Waals surface area contributed by atoms with Gasteiger partial charge >= 0.3 is 5.97 Å². The molecule has 6 nitrogen and oxygen atoms in total. The van der Waals surface area contributed by atoms with Crippen LogP contribution in [0.15, 0.2) is 0 Å². The molecule has 1 N–H and O–H groups in total. The summed E-state index contributed by atoms with van der Waals surface area (Å²) in [7, 11) is 1.30. The Morgan fingerprint density at radius 3 is 2.41 bits per heavy atom. The van der Waals surface area contributed by atoms with Gasteiger partial charge in [-0.25, -0.2) is 4.79 Å². The molecular weight excluding hydrogens is 284 g/mol. The number of carbonyl (C=O) groups is 3. The van der Waals surface area contributed by atoms with Crippen LogP contribution in [0.25, 0.3) is 0 Å². The SMILES string of the molecule is COC(=O)c1[nH]c(C)c(C(=O)CN(CC2CC2)C(C)=O)c1C. The average Bonchev–Trinajstić information content (AvgIpc) is 3.21. The van der Waals surface area contributed by atoms with Crippen LogP contribution in [0.5, 0.6) is 0 Å². The van der Waals surface area contributed by atoms with Crippen LogP contribution in [0.4, 0.5) is 0 Å². The zero-order chi connectivity index (χ0) is 16.4. The van der Waals surface area contributed by atoms with Crippen molar-refractivity contribution in [1.82, 2.24) is 9.88 Å². The van der Waals surface area contributed by atoms with E-state index in [1.807, 2.05) is 0 Å². The van der Waals surface area contributed by atoms with Crippen molar-refractivity contribution in [2.75, 3.05) is 20.2 Å². The van der Waals surface area contributed by atoms with Crippen molar-refractivity contribution in [2.45, 2.75) is 33.6 Å². The Labute approximate surface area is 129 Å². The summed E-state index contributed by atoms with van der Waals surface area (Å²) >= 11 is 0. The number of esters is 1. The first-order valence-electron chi connectivity index (χ1n) is 7.41. The Kier molecular flexibility index (Phi) is 4.68. The van der Waals surface area contributed by atoms with Gasteiger partial charge in [-0.2, -0.15) is 0 Å².